The second kappa shape index (κ2) is 2.31. The van der Waals surface area contributed by atoms with E-state index in [4.69, 9.17) is 0 Å². The highest BCUT2D eigenvalue weighted by molar-refractivity contribution is 5.33. The molecule has 0 spiro atoms. The van der Waals surface area contributed by atoms with Crippen LogP contribution in [-0.4, -0.2) is 16.2 Å². The highest BCUT2D eigenvalue weighted by Crippen LogP contribution is 2.31. The molecule has 2 nitrogen and oxygen atoms in total. The summed E-state index contributed by atoms with van der Waals surface area (Å²) in [5, 5.41) is 9.49. The normalized spacial score (nSPS) is 28.5. The average molecular weight is 149 g/mol. The van der Waals surface area contributed by atoms with Gasteiger partial charge in [0.25, 0.3) is 0 Å². The van der Waals surface area contributed by atoms with Gasteiger partial charge in [-0.25, -0.2) is 0 Å². The first-order chi connectivity index (χ1) is 5.29. The Morgan fingerprint density at radius 2 is 2.45 bits per heavy atom. The fourth-order valence-corrected chi connectivity index (χ4v) is 1.64. The molecule has 0 bridgehead atoms. The second-order valence-corrected chi connectivity index (χ2v) is 3.13. The lowest BCUT2D eigenvalue weighted by Crippen LogP contribution is -2.09. The van der Waals surface area contributed by atoms with Gasteiger partial charge in [0, 0.05) is 18.3 Å². The Morgan fingerprint density at radius 3 is 3.18 bits per heavy atom. The van der Waals surface area contributed by atoms with E-state index in [0.29, 0.717) is 0 Å². The molecule has 0 unspecified atom stereocenters. The van der Waals surface area contributed by atoms with Crippen LogP contribution in [0.2, 0.25) is 0 Å². The van der Waals surface area contributed by atoms with Crippen molar-refractivity contribution in [3.63, 3.8) is 0 Å². The standard InChI is InChI=1S/C9H11NO/c1-6-8-5-10-3-2-7(8)4-9(6)11/h2-3,5-6,9,11H,4H2,1H3/t6-,9+/m0/s1. The molecule has 1 aliphatic carbocycles. The third-order valence-electron chi connectivity index (χ3n) is 2.44. The van der Waals surface area contributed by atoms with Gasteiger partial charge in [-0.15, -0.1) is 0 Å². The zero-order valence-electron chi connectivity index (χ0n) is 6.49. The number of aliphatic hydroxyl groups is 1. The molecule has 0 aliphatic heterocycles. The maximum atomic E-state index is 9.49. The van der Waals surface area contributed by atoms with E-state index in [-0.39, 0.29) is 12.0 Å². The third kappa shape index (κ3) is 0.942. The Morgan fingerprint density at radius 1 is 1.64 bits per heavy atom. The quantitative estimate of drug-likeness (QED) is 0.599. The molecule has 1 heterocycles. The maximum absolute atomic E-state index is 9.49. The van der Waals surface area contributed by atoms with Crippen LogP contribution in [0.1, 0.15) is 24.0 Å². The predicted molar refractivity (Wildman–Crippen MR) is 42.4 cm³/mol. The third-order valence-corrected chi connectivity index (χ3v) is 2.44. The van der Waals surface area contributed by atoms with Crippen molar-refractivity contribution in [2.45, 2.75) is 25.4 Å². The fourth-order valence-electron chi connectivity index (χ4n) is 1.64. The minimum atomic E-state index is -0.200. The van der Waals surface area contributed by atoms with Crippen LogP contribution >= 0.6 is 0 Å². The van der Waals surface area contributed by atoms with Gasteiger partial charge >= 0.3 is 0 Å². The highest BCUT2D eigenvalue weighted by Gasteiger charge is 2.26. The number of aliphatic hydroxyl groups excluding tert-OH is 1. The second-order valence-electron chi connectivity index (χ2n) is 3.13. The molecule has 58 valence electrons. The SMILES string of the molecule is C[C@H]1c2cnccc2C[C@H]1O. The lowest BCUT2D eigenvalue weighted by Gasteiger charge is -2.06. The van der Waals surface area contributed by atoms with Gasteiger partial charge in [0.2, 0.25) is 0 Å². The van der Waals surface area contributed by atoms with Crippen molar-refractivity contribution >= 4 is 0 Å². The summed E-state index contributed by atoms with van der Waals surface area (Å²) < 4.78 is 0. The van der Waals surface area contributed by atoms with Gasteiger partial charge in [-0.1, -0.05) is 6.92 Å². The summed E-state index contributed by atoms with van der Waals surface area (Å²) in [5.74, 6) is 0.263. The number of hydrogen-bond donors (Lipinski definition) is 1. The molecule has 1 aromatic heterocycles. The molecule has 11 heavy (non-hydrogen) atoms. The molecule has 2 atom stereocenters. The van der Waals surface area contributed by atoms with E-state index in [1.54, 1.807) is 6.20 Å². The van der Waals surface area contributed by atoms with E-state index in [9.17, 15) is 5.11 Å². The Kier molecular flexibility index (Phi) is 1.43. The first-order valence-electron chi connectivity index (χ1n) is 3.90. The van der Waals surface area contributed by atoms with Gasteiger partial charge in [-0.3, -0.25) is 4.98 Å². The van der Waals surface area contributed by atoms with Crippen molar-refractivity contribution in [3.8, 4) is 0 Å². The number of aromatic nitrogens is 1. The topological polar surface area (TPSA) is 33.1 Å². The Labute approximate surface area is 65.9 Å². The van der Waals surface area contributed by atoms with Crippen LogP contribution in [-0.2, 0) is 6.42 Å². The summed E-state index contributed by atoms with van der Waals surface area (Å²) in [6.07, 6.45) is 4.23. The van der Waals surface area contributed by atoms with Gasteiger partial charge < -0.3 is 5.11 Å². The molecule has 0 fully saturated rings. The van der Waals surface area contributed by atoms with Crippen LogP contribution in [0.5, 0.6) is 0 Å². The number of rotatable bonds is 0. The zero-order chi connectivity index (χ0) is 7.84. The Hall–Kier alpha value is -0.890. The van der Waals surface area contributed by atoms with Gasteiger partial charge in [-0.05, 0) is 23.6 Å². The molecule has 0 radical (unpaired) electrons. The average Bonchev–Trinajstić information content (AvgIpc) is 2.30. The van der Waals surface area contributed by atoms with Crippen molar-refractivity contribution in [2.24, 2.45) is 0 Å². The fraction of sp³-hybridized carbons (Fsp3) is 0.444. The van der Waals surface area contributed by atoms with E-state index < -0.39 is 0 Å². The molecular formula is C9H11NO. The molecule has 2 rings (SSSR count). The summed E-state index contributed by atoms with van der Waals surface area (Å²) in [6, 6.07) is 1.99. The number of nitrogens with zero attached hydrogens (tertiary/aromatic N) is 1. The van der Waals surface area contributed by atoms with Gasteiger partial charge in [0.15, 0.2) is 0 Å². The summed E-state index contributed by atoms with van der Waals surface area (Å²) in [4.78, 5) is 4.03. The maximum Gasteiger partial charge on any atom is 0.0647 e. The zero-order valence-corrected chi connectivity index (χ0v) is 6.49. The first-order valence-corrected chi connectivity index (χ1v) is 3.90. The smallest absolute Gasteiger partial charge is 0.0647 e. The van der Waals surface area contributed by atoms with Gasteiger partial charge in [0.1, 0.15) is 0 Å². The minimum absolute atomic E-state index is 0.200. The van der Waals surface area contributed by atoms with Gasteiger partial charge in [0.05, 0.1) is 6.10 Å². The van der Waals surface area contributed by atoms with Crippen molar-refractivity contribution < 1.29 is 5.11 Å². The molecular weight excluding hydrogens is 138 g/mol. The lowest BCUT2D eigenvalue weighted by atomic mass is 10.1. The largest absolute Gasteiger partial charge is 0.392 e. The van der Waals surface area contributed by atoms with Crippen molar-refractivity contribution in [3.05, 3.63) is 29.6 Å². The van der Waals surface area contributed by atoms with E-state index in [1.807, 2.05) is 19.2 Å². The van der Waals surface area contributed by atoms with E-state index in [0.717, 1.165) is 6.42 Å². The Balaban J connectivity index is 2.47. The van der Waals surface area contributed by atoms with Crippen LogP contribution in [0.4, 0.5) is 0 Å². The molecule has 2 heteroatoms. The number of hydrogen-bond acceptors (Lipinski definition) is 2. The first kappa shape index (κ1) is 6.80. The number of pyridine rings is 1. The van der Waals surface area contributed by atoms with Crippen LogP contribution in [0.3, 0.4) is 0 Å². The van der Waals surface area contributed by atoms with Crippen molar-refractivity contribution in [1.29, 1.82) is 0 Å². The summed E-state index contributed by atoms with van der Waals surface area (Å²) in [7, 11) is 0. The van der Waals surface area contributed by atoms with E-state index >= 15 is 0 Å². The van der Waals surface area contributed by atoms with Crippen LogP contribution in [0.25, 0.3) is 0 Å². The molecule has 0 saturated carbocycles. The number of fused-ring (bicyclic) bond motifs is 1. The summed E-state index contributed by atoms with van der Waals surface area (Å²) >= 11 is 0. The lowest BCUT2D eigenvalue weighted by molar-refractivity contribution is 0.163. The molecule has 0 aromatic carbocycles. The molecule has 1 N–H and O–H groups in total. The molecule has 1 aromatic rings. The summed E-state index contributed by atoms with van der Waals surface area (Å²) in [5.41, 5.74) is 2.46. The van der Waals surface area contributed by atoms with Crippen LogP contribution in [0, 0.1) is 0 Å². The van der Waals surface area contributed by atoms with Gasteiger partial charge in [-0.2, -0.15) is 0 Å². The molecule has 1 aliphatic rings. The van der Waals surface area contributed by atoms with Crippen LogP contribution in [0.15, 0.2) is 18.5 Å². The monoisotopic (exact) mass is 149 g/mol. The summed E-state index contributed by atoms with van der Waals surface area (Å²) in [6.45, 7) is 2.04. The Bertz CT molecular complexity index is 272. The molecule has 0 amide bonds. The van der Waals surface area contributed by atoms with Crippen LogP contribution < -0.4 is 0 Å². The van der Waals surface area contributed by atoms with Crippen molar-refractivity contribution in [2.75, 3.05) is 0 Å². The molecule has 0 saturated heterocycles. The van der Waals surface area contributed by atoms with E-state index in [2.05, 4.69) is 4.98 Å². The highest BCUT2D eigenvalue weighted by atomic mass is 16.3. The van der Waals surface area contributed by atoms with E-state index in [1.165, 1.54) is 11.1 Å². The van der Waals surface area contributed by atoms with Crippen molar-refractivity contribution in [1.82, 2.24) is 4.98 Å². The predicted octanol–water partition coefficient (Wildman–Crippen LogP) is 1.10. The minimum Gasteiger partial charge on any atom is -0.392 e.